The normalized spacial score (nSPS) is 15.0. The molecule has 0 saturated heterocycles. The molecular weight excluding hydrogens is 404 g/mol. The van der Waals surface area contributed by atoms with E-state index in [2.05, 4.69) is 15.3 Å². The minimum absolute atomic E-state index is 0.219. The molecule has 1 atom stereocenters. The van der Waals surface area contributed by atoms with E-state index in [4.69, 9.17) is 4.74 Å². The van der Waals surface area contributed by atoms with Crippen LogP contribution in [0.4, 0.5) is 0 Å². The first-order chi connectivity index (χ1) is 15.7. The second-order valence-electron chi connectivity index (χ2n) is 7.52. The number of esters is 1. The Balaban J connectivity index is 1.34. The van der Waals surface area contributed by atoms with Gasteiger partial charge in [0.1, 0.15) is 18.2 Å². The molecule has 32 heavy (non-hydrogen) atoms. The van der Waals surface area contributed by atoms with Gasteiger partial charge in [0.05, 0.1) is 5.56 Å². The number of imidazole rings is 1. The van der Waals surface area contributed by atoms with Crippen LogP contribution in [0.2, 0.25) is 0 Å². The van der Waals surface area contributed by atoms with Crippen LogP contribution in [-0.2, 0) is 17.7 Å². The third kappa shape index (κ3) is 3.88. The smallest absolute Gasteiger partial charge is 0.339 e. The number of nitrogens with one attached hydrogen (secondary N) is 1. The Morgan fingerprint density at radius 3 is 2.78 bits per heavy atom. The molecule has 0 fully saturated rings. The Labute approximate surface area is 184 Å². The summed E-state index contributed by atoms with van der Waals surface area (Å²) < 4.78 is 7.40. The van der Waals surface area contributed by atoms with Crippen molar-refractivity contribution in [2.24, 2.45) is 0 Å². The van der Waals surface area contributed by atoms with Gasteiger partial charge in [-0.1, -0.05) is 36.4 Å². The number of nitrogens with zero attached hydrogens (tertiary/aromatic N) is 3. The van der Waals surface area contributed by atoms with E-state index in [9.17, 15) is 9.59 Å². The quantitative estimate of drug-likeness (QED) is 0.494. The lowest BCUT2D eigenvalue weighted by molar-refractivity contribution is 0.0252. The van der Waals surface area contributed by atoms with Crippen molar-refractivity contribution in [1.82, 2.24) is 19.9 Å². The van der Waals surface area contributed by atoms with Gasteiger partial charge in [-0.05, 0) is 35.4 Å². The number of ether oxygens (including phenoxy) is 1. The summed E-state index contributed by atoms with van der Waals surface area (Å²) in [6.07, 6.45) is 7.02. The third-order valence-electron chi connectivity index (χ3n) is 5.47. The van der Waals surface area contributed by atoms with Crippen LogP contribution in [0.3, 0.4) is 0 Å². The Morgan fingerprint density at radius 2 is 1.97 bits per heavy atom. The topological polar surface area (TPSA) is 86.1 Å². The number of hydrogen-bond donors (Lipinski definition) is 1. The van der Waals surface area contributed by atoms with Crippen LogP contribution >= 0.6 is 0 Å². The summed E-state index contributed by atoms with van der Waals surface area (Å²) in [5.74, 6) is 0.125. The van der Waals surface area contributed by atoms with E-state index in [1.807, 2.05) is 42.5 Å². The highest BCUT2D eigenvalue weighted by Crippen LogP contribution is 2.31. The van der Waals surface area contributed by atoms with Crippen molar-refractivity contribution in [3.63, 3.8) is 0 Å². The highest BCUT2D eigenvalue weighted by molar-refractivity contribution is 5.97. The molecule has 0 unspecified atom stereocenters. The molecule has 0 aliphatic carbocycles. The Morgan fingerprint density at radius 1 is 1.09 bits per heavy atom. The van der Waals surface area contributed by atoms with Crippen molar-refractivity contribution in [3.8, 4) is 5.82 Å². The lowest BCUT2D eigenvalue weighted by Crippen LogP contribution is -2.26. The molecule has 158 valence electrons. The summed E-state index contributed by atoms with van der Waals surface area (Å²) in [5, 5.41) is 2.95. The first-order valence-corrected chi connectivity index (χ1v) is 10.3. The van der Waals surface area contributed by atoms with E-state index in [1.165, 1.54) is 0 Å². The van der Waals surface area contributed by atoms with Crippen LogP contribution in [0.5, 0.6) is 0 Å². The second kappa shape index (κ2) is 8.47. The predicted molar refractivity (Wildman–Crippen MR) is 117 cm³/mol. The third-order valence-corrected chi connectivity index (χ3v) is 5.47. The molecule has 0 spiro atoms. The van der Waals surface area contributed by atoms with E-state index in [0.29, 0.717) is 29.9 Å². The summed E-state index contributed by atoms with van der Waals surface area (Å²) in [6, 6.07) is 18.5. The number of carbonyl (C=O) groups is 2. The number of fused-ring (bicyclic) bond motifs is 1. The van der Waals surface area contributed by atoms with Crippen molar-refractivity contribution >= 4 is 11.9 Å². The van der Waals surface area contributed by atoms with Crippen LogP contribution in [0, 0.1) is 0 Å². The van der Waals surface area contributed by atoms with Gasteiger partial charge in [-0.25, -0.2) is 14.8 Å². The molecule has 3 heterocycles. The van der Waals surface area contributed by atoms with E-state index in [0.717, 1.165) is 16.7 Å². The van der Waals surface area contributed by atoms with Crippen molar-refractivity contribution in [1.29, 1.82) is 0 Å². The minimum Gasteiger partial charge on any atom is -0.454 e. The molecule has 7 heteroatoms. The maximum atomic E-state index is 12.9. The number of aromatic nitrogens is 3. The van der Waals surface area contributed by atoms with Crippen molar-refractivity contribution in [2.75, 3.05) is 0 Å². The van der Waals surface area contributed by atoms with Crippen LogP contribution in [0.25, 0.3) is 5.82 Å². The first-order valence-electron chi connectivity index (χ1n) is 10.3. The molecular formula is C25H20N4O3. The second-order valence-corrected chi connectivity index (χ2v) is 7.52. The molecule has 0 radical (unpaired) electrons. The highest BCUT2D eigenvalue weighted by Gasteiger charge is 2.28. The van der Waals surface area contributed by atoms with Crippen molar-refractivity contribution in [2.45, 2.75) is 19.1 Å². The van der Waals surface area contributed by atoms with Gasteiger partial charge >= 0.3 is 5.97 Å². The molecule has 0 bridgehead atoms. The molecule has 2 aromatic carbocycles. The van der Waals surface area contributed by atoms with Crippen molar-refractivity contribution < 1.29 is 14.3 Å². The summed E-state index contributed by atoms with van der Waals surface area (Å²) in [5.41, 5.74) is 3.61. The summed E-state index contributed by atoms with van der Waals surface area (Å²) in [7, 11) is 0. The number of hydrogen-bond acceptors (Lipinski definition) is 5. The van der Waals surface area contributed by atoms with Gasteiger partial charge in [-0.15, -0.1) is 0 Å². The molecule has 0 saturated carbocycles. The standard InChI is InChI=1S/C25H20N4O3/c30-24(28-15-19-7-4-10-27-23(19)29-12-11-26-16-29)18-8-9-21-20(13-18)14-22(32-25(21)31)17-5-2-1-3-6-17/h1-13,16,22H,14-15H2,(H,28,30)/t22-/m1/s1. The fraction of sp³-hybridized carbons (Fsp3) is 0.120. The molecule has 4 aromatic rings. The molecule has 1 aliphatic rings. The maximum Gasteiger partial charge on any atom is 0.339 e. The van der Waals surface area contributed by atoms with Crippen molar-refractivity contribution in [3.05, 3.63) is 113 Å². The maximum absolute atomic E-state index is 12.9. The lowest BCUT2D eigenvalue weighted by Gasteiger charge is -2.25. The number of carbonyl (C=O) groups excluding carboxylic acids is 2. The zero-order chi connectivity index (χ0) is 21.9. The number of cyclic esters (lactones) is 1. The highest BCUT2D eigenvalue weighted by atomic mass is 16.5. The molecule has 1 N–H and O–H groups in total. The van der Waals surface area contributed by atoms with Crippen LogP contribution in [-0.4, -0.2) is 26.4 Å². The van der Waals surface area contributed by atoms with Gasteiger partial charge in [0.2, 0.25) is 0 Å². The molecule has 1 amide bonds. The largest absolute Gasteiger partial charge is 0.454 e. The average molecular weight is 424 g/mol. The lowest BCUT2D eigenvalue weighted by atomic mass is 9.93. The molecule has 1 aliphatic heterocycles. The van der Waals surface area contributed by atoms with E-state index < -0.39 is 0 Å². The number of amides is 1. The fourth-order valence-electron chi connectivity index (χ4n) is 3.85. The number of pyridine rings is 1. The fourth-order valence-corrected chi connectivity index (χ4v) is 3.85. The summed E-state index contributed by atoms with van der Waals surface area (Å²) in [4.78, 5) is 33.8. The Kier molecular flexibility index (Phi) is 5.21. The number of benzene rings is 2. The summed E-state index contributed by atoms with van der Waals surface area (Å²) in [6.45, 7) is 0.311. The van der Waals surface area contributed by atoms with Gasteiger partial charge in [0.15, 0.2) is 0 Å². The minimum atomic E-state index is -0.368. The van der Waals surface area contributed by atoms with Crippen LogP contribution < -0.4 is 5.32 Å². The zero-order valence-corrected chi connectivity index (χ0v) is 17.1. The number of rotatable bonds is 5. The Hall–Kier alpha value is -4.26. The van der Waals surface area contributed by atoms with Gasteiger partial charge in [-0.3, -0.25) is 9.36 Å². The van der Waals surface area contributed by atoms with E-state index in [-0.39, 0.29) is 18.0 Å². The molecule has 2 aromatic heterocycles. The van der Waals surface area contributed by atoms with Crippen LogP contribution in [0.1, 0.15) is 43.5 Å². The zero-order valence-electron chi connectivity index (χ0n) is 17.1. The van der Waals surface area contributed by atoms with Gasteiger partial charge < -0.3 is 10.1 Å². The van der Waals surface area contributed by atoms with E-state index >= 15 is 0 Å². The average Bonchev–Trinajstić information content (AvgIpc) is 3.38. The monoisotopic (exact) mass is 424 g/mol. The Bertz CT molecular complexity index is 1270. The SMILES string of the molecule is O=C(NCc1cccnc1-n1ccnc1)c1ccc2c(c1)C[C@H](c1ccccc1)OC2=O. The van der Waals surface area contributed by atoms with Crippen LogP contribution in [0.15, 0.2) is 85.6 Å². The first kappa shape index (κ1) is 19.7. The predicted octanol–water partition coefficient (Wildman–Crippen LogP) is 3.65. The van der Waals surface area contributed by atoms with Gasteiger partial charge in [0, 0.05) is 42.7 Å². The van der Waals surface area contributed by atoms with E-state index in [1.54, 1.807) is 47.7 Å². The molecule has 5 rings (SSSR count). The van der Waals surface area contributed by atoms with Gasteiger partial charge in [-0.2, -0.15) is 0 Å². The summed E-state index contributed by atoms with van der Waals surface area (Å²) >= 11 is 0. The van der Waals surface area contributed by atoms with Gasteiger partial charge in [0.25, 0.3) is 5.91 Å². The molecule has 7 nitrogen and oxygen atoms in total.